The van der Waals surface area contributed by atoms with Gasteiger partial charge in [-0.25, -0.2) is 19.3 Å². The second-order valence-electron chi connectivity index (χ2n) is 7.55. The van der Waals surface area contributed by atoms with Crippen molar-refractivity contribution in [3.63, 3.8) is 0 Å². The minimum atomic E-state index is -0.547. The molecular formula is C22H19ClFN5O2S. The van der Waals surface area contributed by atoms with Gasteiger partial charge in [-0.3, -0.25) is 9.36 Å². The molecule has 0 aliphatic carbocycles. The maximum absolute atomic E-state index is 14.9. The van der Waals surface area contributed by atoms with Gasteiger partial charge in [0.2, 0.25) is 0 Å². The Balaban J connectivity index is 1.69. The van der Waals surface area contributed by atoms with E-state index in [0.717, 1.165) is 5.01 Å². The number of hydrogen-bond acceptors (Lipinski definition) is 7. The predicted octanol–water partition coefficient (Wildman–Crippen LogP) is 4.13. The molecule has 1 aliphatic rings. The Morgan fingerprint density at radius 2 is 2.12 bits per heavy atom. The van der Waals surface area contributed by atoms with Crippen molar-refractivity contribution >= 4 is 39.7 Å². The van der Waals surface area contributed by atoms with Crippen molar-refractivity contribution < 1.29 is 9.13 Å². The third-order valence-electron chi connectivity index (χ3n) is 5.57. The van der Waals surface area contributed by atoms with Crippen LogP contribution in [0.1, 0.15) is 16.9 Å². The second-order valence-corrected chi connectivity index (χ2v) is 8.91. The van der Waals surface area contributed by atoms with E-state index in [1.807, 2.05) is 5.38 Å². The standard InChI is InChI=1S/C22H19ClFN5O2S/c1-12-26-16-10-18(29-6-7-31-17(11-29)21-25-5-8-32-21)27-20(19(16)22(30)28(12)2)14-4-3-13(23)9-15(14)24/h3-5,8-10,17H,6-7,11H2,1-2H3/t17-/m1/s1. The van der Waals surface area contributed by atoms with Crippen molar-refractivity contribution in [3.8, 4) is 11.3 Å². The number of morpholine rings is 1. The zero-order chi connectivity index (χ0) is 22.4. The van der Waals surface area contributed by atoms with Crippen LogP contribution in [0.25, 0.3) is 22.2 Å². The highest BCUT2D eigenvalue weighted by Crippen LogP contribution is 2.33. The lowest BCUT2D eigenvalue weighted by molar-refractivity contribution is 0.0394. The number of rotatable bonds is 3. The molecule has 1 aliphatic heterocycles. The fraction of sp³-hybridized carbons (Fsp3) is 0.273. The third-order valence-corrected chi connectivity index (χ3v) is 6.68. The Hall–Kier alpha value is -2.88. The summed E-state index contributed by atoms with van der Waals surface area (Å²) in [5, 5.41) is 3.35. The van der Waals surface area contributed by atoms with E-state index in [1.54, 1.807) is 38.4 Å². The van der Waals surface area contributed by atoms with Crippen LogP contribution in [0.4, 0.5) is 10.2 Å². The van der Waals surface area contributed by atoms with Crippen LogP contribution in [-0.4, -0.2) is 39.2 Å². The van der Waals surface area contributed by atoms with Gasteiger partial charge in [0.15, 0.2) is 0 Å². The van der Waals surface area contributed by atoms with Crippen molar-refractivity contribution in [2.45, 2.75) is 13.0 Å². The quantitative estimate of drug-likeness (QED) is 0.447. The molecule has 7 nitrogen and oxygen atoms in total. The maximum atomic E-state index is 14.9. The van der Waals surface area contributed by atoms with Gasteiger partial charge in [-0.05, 0) is 25.1 Å². The summed E-state index contributed by atoms with van der Waals surface area (Å²) < 4.78 is 22.2. The molecule has 1 aromatic carbocycles. The van der Waals surface area contributed by atoms with E-state index in [1.165, 1.54) is 22.0 Å². The summed E-state index contributed by atoms with van der Waals surface area (Å²) in [6.07, 6.45) is 1.57. The van der Waals surface area contributed by atoms with Gasteiger partial charge in [-0.15, -0.1) is 11.3 Å². The van der Waals surface area contributed by atoms with E-state index in [2.05, 4.69) is 14.9 Å². The summed E-state index contributed by atoms with van der Waals surface area (Å²) in [7, 11) is 1.64. The molecule has 10 heteroatoms. The van der Waals surface area contributed by atoms with Gasteiger partial charge in [-0.2, -0.15) is 0 Å². The van der Waals surface area contributed by atoms with Gasteiger partial charge < -0.3 is 9.64 Å². The molecule has 164 valence electrons. The molecular weight excluding hydrogens is 453 g/mol. The zero-order valence-corrected chi connectivity index (χ0v) is 19.0. The first-order valence-corrected chi connectivity index (χ1v) is 11.3. The minimum Gasteiger partial charge on any atom is -0.367 e. The molecule has 0 unspecified atom stereocenters. The third kappa shape index (κ3) is 3.66. The number of fused-ring (bicyclic) bond motifs is 1. The average Bonchev–Trinajstić information content (AvgIpc) is 3.32. The lowest BCUT2D eigenvalue weighted by atomic mass is 10.1. The molecule has 1 fully saturated rings. The zero-order valence-electron chi connectivity index (χ0n) is 17.4. The highest BCUT2D eigenvalue weighted by atomic mass is 35.5. The Labute approximate surface area is 192 Å². The summed E-state index contributed by atoms with van der Waals surface area (Å²) in [6.45, 7) is 3.40. The monoisotopic (exact) mass is 471 g/mol. The lowest BCUT2D eigenvalue weighted by Gasteiger charge is -2.33. The van der Waals surface area contributed by atoms with Gasteiger partial charge in [0, 0.05) is 41.8 Å². The van der Waals surface area contributed by atoms with Gasteiger partial charge in [0.25, 0.3) is 5.56 Å². The van der Waals surface area contributed by atoms with Crippen LogP contribution in [0.5, 0.6) is 0 Å². The number of pyridine rings is 1. The van der Waals surface area contributed by atoms with Gasteiger partial charge in [0.05, 0.1) is 29.7 Å². The van der Waals surface area contributed by atoms with Crippen molar-refractivity contribution in [2.75, 3.05) is 24.6 Å². The number of nitrogens with zero attached hydrogens (tertiary/aromatic N) is 5. The number of aryl methyl sites for hydroxylation is 1. The SMILES string of the molecule is Cc1nc2cc(N3CCO[C@@H](c4nccs4)C3)nc(-c3ccc(Cl)cc3F)c2c(=O)n1C. The summed E-state index contributed by atoms with van der Waals surface area (Å²) >= 11 is 7.49. The number of hydrogen-bond donors (Lipinski definition) is 0. The van der Waals surface area contributed by atoms with Crippen molar-refractivity contribution in [1.29, 1.82) is 0 Å². The second kappa shape index (κ2) is 8.23. The van der Waals surface area contributed by atoms with Crippen LogP contribution in [0.15, 0.2) is 40.6 Å². The van der Waals surface area contributed by atoms with Crippen molar-refractivity contribution in [1.82, 2.24) is 19.5 Å². The van der Waals surface area contributed by atoms with Crippen LogP contribution in [0.3, 0.4) is 0 Å². The van der Waals surface area contributed by atoms with Gasteiger partial charge in [-0.1, -0.05) is 11.6 Å². The summed E-state index contributed by atoms with van der Waals surface area (Å²) in [6, 6.07) is 6.13. The van der Waals surface area contributed by atoms with Crippen LogP contribution in [0, 0.1) is 12.7 Å². The average molecular weight is 472 g/mol. The molecule has 1 atom stereocenters. The van der Waals surface area contributed by atoms with E-state index >= 15 is 0 Å². The topological polar surface area (TPSA) is 73.1 Å². The number of ether oxygens (including phenoxy) is 1. The van der Waals surface area contributed by atoms with E-state index in [4.69, 9.17) is 21.3 Å². The largest absolute Gasteiger partial charge is 0.367 e. The molecule has 32 heavy (non-hydrogen) atoms. The molecule has 4 aromatic rings. The maximum Gasteiger partial charge on any atom is 0.263 e. The van der Waals surface area contributed by atoms with Crippen molar-refractivity contribution in [3.05, 3.63) is 67.9 Å². The fourth-order valence-corrected chi connectivity index (χ4v) is 4.66. The number of aromatic nitrogens is 4. The highest BCUT2D eigenvalue weighted by Gasteiger charge is 2.27. The number of benzene rings is 1. The van der Waals surface area contributed by atoms with E-state index in [9.17, 15) is 9.18 Å². The Kier molecular flexibility index (Phi) is 5.40. The Bertz CT molecular complexity index is 1380. The number of anilines is 1. The summed E-state index contributed by atoms with van der Waals surface area (Å²) in [5.74, 6) is 0.616. The van der Waals surface area contributed by atoms with E-state index in [0.29, 0.717) is 36.9 Å². The predicted molar refractivity (Wildman–Crippen MR) is 123 cm³/mol. The number of thiazole rings is 1. The van der Waals surface area contributed by atoms with Crippen LogP contribution >= 0.6 is 22.9 Å². The Morgan fingerprint density at radius 1 is 1.28 bits per heavy atom. The first kappa shape index (κ1) is 21.0. The smallest absolute Gasteiger partial charge is 0.263 e. The van der Waals surface area contributed by atoms with E-state index < -0.39 is 5.82 Å². The molecule has 0 N–H and O–H groups in total. The van der Waals surface area contributed by atoms with Gasteiger partial charge >= 0.3 is 0 Å². The molecule has 5 rings (SSSR count). The first-order valence-electron chi connectivity index (χ1n) is 10.0. The summed E-state index contributed by atoms with van der Waals surface area (Å²) in [4.78, 5) is 28.9. The molecule has 0 spiro atoms. The molecule has 0 amide bonds. The first-order chi connectivity index (χ1) is 15.4. The van der Waals surface area contributed by atoms with Crippen LogP contribution in [0.2, 0.25) is 5.02 Å². The lowest BCUT2D eigenvalue weighted by Crippen LogP contribution is -2.39. The molecule has 0 saturated carbocycles. The molecule has 3 aromatic heterocycles. The van der Waals surface area contributed by atoms with E-state index in [-0.39, 0.29) is 33.3 Å². The Morgan fingerprint density at radius 3 is 2.88 bits per heavy atom. The summed E-state index contributed by atoms with van der Waals surface area (Å²) in [5.41, 5.74) is 0.640. The van der Waals surface area contributed by atoms with Gasteiger partial charge in [0.1, 0.15) is 28.6 Å². The van der Waals surface area contributed by atoms with Crippen molar-refractivity contribution in [2.24, 2.45) is 7.05 Å². The normalized spacial score (nSPS) is 16.6. The molecule has 0 radical (unpaired) electrons. The van der Waals surface area contributed by atoms with Crippen LogP contribution < -0.4 is 10.5 Å². The highest BCUT2D eigenvalue weighted by molar-refractivity contribution is 7.09. The number of halogens is 2. The molecule has 1 saturated heterocycles. The minimum absolute atomic E-state index is 0.185. The fourth-order valence-electron chi connectivity index (χ4n) is 3.82. The van der Waals surface area contributed by atoms with Crippen LogP contribution in [-0.2, 0) is 11.8 Å². The molecule has 4 heterocycles. The molecule has 0 bridgehead atoms.